The van der Waals surface area contributed by atoms with Gasteiger partial charge in [0.1, 0.15) is 0 Å². The Morgan fingerprint density at radius 2 is 1.25 bits per heavy atom. The average Bonchev–Trinajstić information content (AvgIpc) is 0.918. The topological polar surface area (TPSA) is 65.6 Å². The molecule has 0 saturated carbocycles. The molecular weight excluding hydrogens is 188 g/mol. The van der Waals surface area contributed by atoms with Gasteiger partial charge in [0.25, 0.3) is 0 Å². The third kappa shape index (κ3) is 12.6. The molecule has 0 spiro atoms. The van der Waals surface area contributed by atoms with Crippen LogP contribution < -0.4 is 0 Å². The summed E-state index contributed by atoms with van der Waals surface area (Å²) < 4.78 is 17.1. The summed E-state index contributed by atoms with van der Waals surface area (Å²) in [6.45, 7) is 0. The van der Waals surface area contributed by atoms with Gasteiger partial charge in [-0.3, -0.25) is 0 Å². The molecule has 0 aromatic heterocycles. The number of rotatable bonds is 0. The van der Waals surface area contributed by atoms with E-state index in [1.54, 1.807) is 0 Å². The molecule has 3 nitrogen and oxygen atoms in total. The molecule has 0 atom stereocenters. The molecule has 0 fully saturated rings. The molecule has 0 aromatic carbocycles. The van der Waals surface area contributed by atoms with Crippen molar-refractivity contribution in [2.45, 2.75) is 0 Å². The fourth-order valence-electron chi connectivity index (χ4n) is 0. The summed E-state index contributed by atoms with van der Waals surface area (Å²) in [6, 6.07) is 0. The van der Waals surface area contributed by atoms with Gasteiger partial charge in [-0.25, -0.2) is 0 Å². The van der Waals surface area contributed by atoms with Crippen LogP contribution in [0.1, 0.15) is 0 Å². The van der Waals surface area contributed by atoms with Crippen molar-refractivity contribution in [1.82, 2.24) is 0 Å². The average molecular weight is 190 g/mol. The van der Waals surface area contributed by atoms with Crippen LogP contribution in [-0.2, 0) is 1.88 Å². The van der Waals surface area contributed by atoms with Crippen molar-refractivity contribution >= 4 is 0 Å². The van der Waals surface area contributed by atoms with Gasteiger partial charge in [-0.1, -0.05) is 0 Å². The van der Waals surface area contributed by atoms with Crippen molar-refractivity contribution < 1.29 is 45.2 Å². The Kier molecular flexibility index (Phi) is 20.1. The molecule has 0 amide bonds. The zero-order valence-corrected chi connectivity index (χ0v) is 4.96. The van der Waals surface area contributed by atoms with Gasteiger partial charge in [0, 0.05) is 0 Å². The summed E-state index contributed by atoms with van der Waals surface area (Å²) in [5, 5.41) is 0. The summed E-state index contributed by atoms with van der Waals surface area (Å²) >= 11 is -2.42. The predicted octanol–water partition coefficient (Wildman–Crippen LogP) is -1.06. The molecule has 0 unspecified atom stereocenters. The first-order valence-corrected chi connectivity index (χ1v) is 2.97. The van der Waals surface area contributed by atoms with Crippen LogP contribution in [0.4, 0.5) is 0 Å². The van der Waals surface area contributed by atoms with Crippen LogP contribution in [0.2, 0.25) is 0 Å². The van der Waals surface area contributed by atoms with Crippen molar-refractivity contribution in [2.75, 3.05) is 0 Å². The van der Waals surface area contributed by atoms with Gasteiger partial charge >= 0.3 is 39.7 Å². The first-order chi connectivity index (χ1) is 1.41. The molecule has 0 rings (SSSR count). The summed E-state index contributed by atoms with van der Waals surface area (Å²) in [5.41, 5.74) is 0. The fourth-order valence-corrected chi connectivity index (χ4v) is 0. The molecule has 24 valence electrons. The second kappa shape index (κ2) is 9.05. The minimum atomic E-state index is -2.42. The van der Waals surface area contributed by atoms with Crippen LogP contribution >= 0.6 is 0 Å². The second-order valence-corrected chi connectivity index (χ2v) is 0.607. The van der Waals surface area contributed by atoms with Crippen LogP contribution in [0, 0.1) is 37.8 Å². The van der Waals surface area contributed by atoms with E-state index in [1.165, 1.54) is 0 Å². The van der Waals surface area contributed by atoms with Crippen LogP contribution in [0.25, 0.3) is 0 Å². The first-order valence-electron chi connectivity index (χ1n) is 0.408. The molecule has 0 saturated heterocycles. The maximum absolute atomic E-state index is 8.57. The van der Waals surface area contributed by atoms with E-state index in [1.807, 2.05) is 0 Å². The Morgan fingerprint density at radius 1 is 1.25 bits per heavy atom. The molecule has 0 aliphatic rings. The van der Waals surface area contributed by atoms with Gasteiger partial charge < -0.3 is 5.48 Å². The van der Waals surface area contributed by atoms with Crippen molar-refractivity contribution in [3.63, 3.8) is 0 Å². The molecule has 4 heavy (non-hydrogen) atoms. The monoisotopic (exact) mass is 190 g/mol. The van der Waals surface area contributed by atoms with E-state index in [9.17, 15) is 0 Å². The zero-order chi connectivity index (χ0) is 2.71. The molecule has 0 aliphatic carbocycles. The Labute approximate surface area is 44.7 Å². The van der Waals surface area contributed by atoms with Crippen LogP contribution in [-0.4, -0.2) is 5.48 Å². The van der Waals surface area contributed by atoms with E-state index in [2.05, 4.69) is 0 Å². The van der Waals surface area contributed by atoms with E-state index < -0.39 is 37.8 Å². The summed E-state index contributed by atoms with van der Waals surface area (Å²) in [7, 11) is 0. The third-order valence-corrected chi connectivity index (χ3v) is 0. The van der Waals surface area contributed by atoms with Gasteiger partial charge in [0.05, 0.1) is 0 Å². The molecule has 2 N–H and O–H groups in total. The number of hydrogen-bond donors (Lipinski definition) is 0. The van der Waals surface area contributed by atoms with Crippen molar-refractivity contribution in [2.24, 2.45) is 0 Å². The normalized spacial score (nSPS) is 2.00. The summed E-state index contributed by atoms with van der Waals surface area (Å²) in [5.74, 6) is 0. The van der Waals surface area contributed by atoms with E-state index in [0.29, 0.717) is 0 Å². The van der Waals surface area contributed by atoms with Gasteiger partial charge in [0.15, 0.2) is 0 Å². The zero-order valence-electron chi connectivity index (χ0n) is 1.82. The van der Waals surface area contributed by atoms with Gasteiger partial charge in [0.2, 0.25) is 0 Å². The fraction of sp³-hybridized carbons (Fsp3) is 0. The molecule has 0 aromatic rings. The Morgan fingerprint density at radius 3 is 1.25 bits per heavy atom. The van der Waals surface area contributed by atoms with Gasteiger partial charge in [-0.15, -0.1) is 0 Å². The van der Waals surface area contributed by atoms with Crippen LogP contribution in [0.5, 0.6) is 0 Å². The van der Waals surface area contributed by atoms with E-state index in [4.69, 9.17) is 1.88 Å². The van der Waals surface area contributed by atoms with E-state index in [0.717, 1.165) is 0 Å². The van der Waals surface area contributed by atoms with E-state index >= 15 is 0 Å². The number of hydrogen-bond acceptors (Lipinski definition) is 2. The molecule has 0 aliphatic heterocycles. The first kappa shape index (κ1) is 8.87. The predicted molar refractivity (Wildman–Crippen MR) is 4.99 cm³/mol. The third-order valence-electron chi connectivity index (χ3n) is 0. The van der Waals surface area contributed by atoms with Crippen molar-refractivity contribution in [3.8, 4) is 0 Å². The van der Waals surface area contributed by atoms with Crippen molar-refractivity contribution in [1.29, 1.82) is 0 Å². The Bertz CT molecular complexity index is 24.3. The quantitative estimate of drug-likeness (QED) is 0.488. The Balaban J connectivity index is 0. The Hall–Kier alpha value is 0.937. The maximum atomic E-state index is 8.57. The van der Waals surface area contributed by atoms with E-state index in [-0.39, 0.29) is 5.48 Å². The molecule has 0 heterocycles. The molecule has 4 heteroatoms. The molecular formula is H2CeO3. The second-order valence-electron chi connectivity index (χ2n) is 0.0833. The van der Waals surface area contributed by atoms with Gasteiger partial charge in [-0.05, 0) is 0 Å². The van der Waals surface area contributed by atoms with Crippen LogP contribution in [0.3, 0.4) is 0 Å². The molecule has 0 bridgehead atoms. The SMILES string of the molecule is O.[O]=[Ce]=[O]. The summed E-state index contributed by atoms with van der Waals surface area (Å²) in [6.07, 6.45) is 0. The molecule has 0 radical (unpaired) electrons. The van der Waals surface area contributed by atoms with Gasteiger partial charge in [-0.2, -0.15) is 0 Å². The minimum absolute atomic E-state index is 0. The van der Waals surface area contributed by atoms with Crippen molar-refractivity contribution in [3.05, 3.63) is 0 Å². The standard InChI is InChI=1S/Ce.H2O.2O/h;1H2;;. The summed E-state index contributed by atoms with van der Waals surface area (Å²) in [4.78, 5) is 0. The van der Waals surface area contributed by atoms with Crippen LogP contribution in [0.15, 0.2) is 0 Å².